The monoisotopic (exact) mass is 245 g/mol. The molecule has 1 aliphatic rings. The van der Waals surface area contributed by atoms with Gasteiger partial charge in [-0.15, -0.1) is 0 Å². The summed E-state index contributed by atoms with van der Waals surface area (Å²) in [6.07, 6.45) is 0.872. The van der Waals surface area contributed by atoms with Crippen LogP contribution in [-0.4, -0.2) is 5.25 Å². The van der Waals surface area contributed by atoms with Gasteiger partial charge in [0.05, 0.1) is 0 Å². The van der Waals surface area contributed by atoms with Gasteiger partial charge < -0.3 is 5.73 Å². The van der Waals surface area contributed by atoms with E-state index >= 15 is 0 Å². The third-order valence-corrected chi connectivity index (χ3v) is 4.25. The fourth-order valence-electron chi connectivity index (χ4n) is 1.88. The Morgan fingerprint density at radius 2 is 2.27 bits per heavy atom. The Labute approximate surface area is 98.2 Å². The zero-order valence-corrected chi connectivity index (χ0v) is 10.0. The molecule has 2 atom stereocenters. The summed E-state index contributed by atoms with van der Waals surface area (Å²) in [5, 5.41) is 0.994. The second kappa shape index (κ2) is 4.32. The molecule has 82 valence electrons. The van der Waals surface area contributed by atoms with Crippen molar-refractivity contribution in [2.45, 2.75) is 30.4 Å². The van der Waals surface area contributed by atoms with Crippen molar-refractivity contribution in [2.24, 2.45) is 5.73 Å². The average molecular weight is 246 g/mol. The van der Waals surface area contributed by atoms with E-state index in [1.165, 1.54) is 12.1 Å². The van der Waals surface area contributed by atoms with Crippen molar-refractivity contribution in [1.29, 1.82) is 0 Å². The van der Waals surface area contributed by atoms with Crippen LogP contribution >= 0.6 is 23.4 Å². The first-order valence-corrected chi connectivity index (χ1v) is 6.35. The quantitative estimate of drug-likeness (QED) is 0.757. The predicted octanol–water partition coefficient (Wildman–Crippen LogP) is 3.50. The minimum atomic E-state index is -0.297. The Kier molecular flexibility index (Phi) is 3.24. The smallest absolute Gasteiger partial charge is 0.125 e. The summed E-state index contributed by atoms with van der Waals surface area (Å²) < 4.78 is 13.2. The van der Waals surface area contributed by atoms with Gasteiger partial charge in [-0.2, -0.15) is 11.8 Å². The summed E-state index contributed by atoms with van der Waals surface area (Å²) in [7, 11) is 0. The molecule has 0 spiro atoms. The molecule has 1 nitrogen and oxygen atoms in total. The van der Waals surface area contributed by atoms with Crippen LogP contribution in [0.3, 0.4) is 0 Å². The van der Waals surface area contributed by atoms with Crippen LogP contribution in [0, 0.1) is 5.82 Å². The minimum absolute atomic E-state index is 0.0989. The number of rotatable bonds is 0. The first-order valence-electron chi connectivity index (χ1n) is 4.93. The Balaban J connectivity index is 2.48. The zero-order valence-electron chi connectivity index (χ0n) is 8.47. The van der Waals surface area contributed by atoms with E-state index in [0.29, 0.717) is 10.3 Å². The van der Waals surface area contributed by atoms with Gasteiger partial charge >= 0.3 is 0 Å². The number of hydrogen-bond acceptors (Lipinski definition) is 2. The van der Waals surface area contributed by atoms with Gasteiger partial charge in [0.25, 0.3) is 0 Å². The summed E-state index contributed by atoms with van der Waals surface area (Å²) in [6, 6.07) is 2.78. The highest BCUT2D eigenvalue weighted by molar-refractivity contribution is 7.99. The van der Waals surface area contributed by atoms with Crippen LogP contribution in [0.5, 0.6) is 0 Å². The number of thioether (sulfide) groups is 1. The van der Waals surface area contributed by atoms with Gasteiger partial charge in [-0.3, -0.25) is 0 Å². The molecule has 2 N–H and O–H groups in total. The van der Waals surface area contributed by atoms with Crippen LogP contribution in [0.4, 0.5) is 4.39 Å². The number of benzene rings is 1. The van der Waals surface area contributed by atoms with Crippen molar-refractivity contribution in [3.05, 3.63) is 34.1 Å². The van der Waals surface area contributed by atoms with Gasteiger partial charge in [-0.25, -0.2) is 4.39 Å². The van der Waals surface area contributed by atoms with Crippen LogP contribution in [-0.2, 0) is 5.75 Å². The van der Waals surface area contributed by atoms with E-state index in [2.05, 4.69) is 6.92 Å². The van der Waals surface area contributed by atoms with Gasteiger partial charge in [0.2, 0.25) is 0 Å². The average Bonchev–Trinajstić information content (AvgIpc) is 2.27. The van der Waals surface area contributed by atoms with Crippen molar-refractivity contribution < 1.29 is 4.39 Å². The largest absolute Gasteiger partial charge is 0.324 e. The van der Waals surface area contributed by atoms with Crippen molar-refractivity contribution >= 4 is 23.4 Å². The van der Waals surface area contributed by atoms with Crippen LogP contribution in [0.25, 0.3) is 0 Å². The maximum absolute atomic E-state index is 13.2. The molecule has 0 saturated heterocycles. The molecule has 1 aromatic carbocycles. The Morgan fingerprint density at radius 3 is 3.00 bits per heavy atom. The van der Waals surface area contributed by atoms with E-state index in [1.807, 2.05) is 11.8 Å². The lowest BCUT2D eigenvalue weighted by Crippen LogP contribution is -2.14. The fourth-order valence-corrected chi connectivity index (χ4v) is 3.36. The predicted molar refractivity (Wildman–Crippen MR) is 63.7 cm³/mol. The van der Waals surface area contributed by atoms with E-state index in [-0.39, 0.29) is 11.9 Å². The van der Waals surface area contributed by atoms with Crippen LogP contribution in [0.1, 0.15) is 30.5 Å². The lowest BCUT2D eigenvalue weighted by molar-refractivity contribution is 0.608. The molecular weight excluding hydrogens is 233 g/mol. The molecular formula is C11H13ClFNS. The minimum Gasteiger partial charge on any atom is -0.324 e. The summed E-state index contributed by atoms with van der Waals surface area (Å²) in [5.41, 5.74) is 7.91. The molecule has 4 heteroatoms. The molecule has 0 fully saturated rings. The summed E-state index contributed by atoms with van der Waals surface area (Å²) in [5.74, 6) is 0.525. The molecule has 15 heavy (non-hydrogen) atoms. The van der Waals surface area contributed by atoms with Gasteiger partial charge in [0.1, 0.15) is 5.82 Å². The molecule has 0 radical (unpaired) electrons. The van der Waals surface area contributed by atoms with Crippen LogP contribution in [0.15, 0.2) is 12.1 Å². The highest BCUT2D eigenvalue weighted by atomic mass is 35.5. The molecule has 0 saturated carbocycles. The van der Waals surface area contributed by atoms with E-state index in [9.17, 15) is 4.39 Å². The molecule has 0 amide bonds. The van der Waals surface area contributed by atoms with Gasteiger partial charge in [-0.1, -0.05) is 18.5 Å². The molecule has 0 bridgehead atoms. The fraction of sp³-hybridized carbons (Fsp3) is 0.455. The molecule has 1 aliphatic heterocycles. The summed E-state index contributed by atoms with van der Waals surface area (Å²) in [4.78, 5) is 0. The SMILES string of the molecule is CC1CC(N)c2cc(F)cc(Cl)c2CS1. The van der Waals surface area contributed by atoms with Crippen LogP contribution < -0.4 is 5.73 Å². The lowest BCUT2D eigenvalue weighted by Gasteiger charge is -2.14. The first-order chi connectivity index (χ1) is 7.08. The molecule has 1 heterocycles. The van der Waals surface area contributed by atoms with Gasteiger partial charge in [-0.05, 0) is 29.7 Å². The number of hydrogen-bond donors (Lipinski definition) is 1. The van der Waals surface area contributed by atoms with E-state index in [0.717, 1.165) is 23.3 Å². The zero-order chi connectivity index (χ0) is 11.0. The highest BCUT2D eigenvalue weighted by Crippen LogP contribution is 2.37. The molecule has 0 aromatic heterocycles. The molecule has 1 aromatic rings. The van der Waals surface area contributed by atoms with Crippen molar-refractivity contribution in [3.8, 4) is 0 Å². The second-order valence-corrected chi connectivity index (χ2v) is 5.75. The summed E-state index contributed by atoms with van der Waals surface area (Å²) in [6.45, 7) is 2.14. The Morgan fingerprint density at radius 1 is 1.53 bits per heavy atom. The van der Waals surface area contributed by atoms with Crippen LogP contribution in [0.2, 0.25) is 5.02 Å². The van der Waals surface area contributed by atoms with Crippen molar-refractivity contribution in [3.63, 3.8) is 0 Å². The molecule has 0 aliphatic carbocycles. The summed E-state index contributed by atoms with van der Waals surface area (Å²) >= 11 is 7.84. The standard InChI is InChI=1S/C11H13ClFNS/c1-6-2-11(14)8-3-7(13)4-10(12)9(8)5-15-6/h3-4,6,11H,2,5,14H2,1H3. The second-order valence-electron chi connectivity index (χ2n) is 3.92. The number of halogens is 2. The van der Waals surface area contributed by atoms with Gasteiger partial charge in [0, 0.05) is 22.1 Å². The highest BCUT2D eigenvalue weighted by Gasteiger charge is 2.22. The Hall–Kier alpha value is -0.250. The third kappa shape index (κ3) is 2.30. The maximum Gasteiger partial charge on any atom is 0.125 e. The van der Waals surface area contributed by atoms with E-state index in [1.54, 1.807) is 0 Å². The van der Waals surface area contributed by atoms with E-state index in [4.69, 9.17) is 17.3 Å². The molecule has 2 unspecified atom stereocenters. The molecule has 2 rings (SSSR count). The topological polar surface area (TPSA) is 26.0 Å². The first kappa shape index (κ1) is 11.2. The number of nitrogens with two attached hydrogens (primary N) is 1. The van der Waals surface area contributed by atoms with Gasteiger partial charge in [0.15, 0.2) is 0 Å². The third-order valence-electron chi connectivity index (χ3n) is 2.69. The van der Waals surface area contributed by atoms with Crippen molar-refractivity contribution in [2.75, 3.05) is 0 Å². The lowest BCUT2D eigenvalue weighted by atomic mass is 9.98. The maximum atomic E-state index is 13.2. The number of fused-ring (bicyclic) bond motifs is 1. The normalized spacial score (nSPS) is 25.9. The Bertz CT molecular complexity index is 383. The van der Waals surface area contributed by atoms with E-state index < -0.39 is 0 Å². The van der Waals surface area contributed by atoms with Crippen molar-refractivity contribution in [1.82, 2.24) is 0 Å².